The minimum Gasteiger partial charge on any atom is -0.356 e. The van der Waals surface area contributed by atoms with E-state index in [4.69, 9.17) is 0 Å². The summed E-state index contributed by atoms with van der Waals surface area (Å²) < 4.78 is 30.9. The van der Waals surface area contributed by atoms with Gasteiger partial charge in [-0.2, -0.15) is 0 Å². The monoisotopic (exact) mass is 452 g/mol. The largest absolute Gasteiger partial charge is 0.356 e. The first-order valence-electron chi connectivity index (χ1n) is 11.4. The molecule has 9 heteroatoms. The molecule has 0 bridgehead atoms. The molecule has 7 nitrogen and oxygen atoms in total. The standard InChI is InChI=1S/C24H26F2N6O/c1-14-15(3-6-21(28-14)32-11-17-18(12-32)24(17,25)26)9-31-8-7-16(10-31)23(33)29-19-4-5-20-22(19)27-13-30(20)2/h3,6-8,10,13,17-19H,4-5,9,11-12H2,1-2H3,(H,29,33)/t17?,18?,19-/m1/s1. The van der Waals surface area contributed by atoms with Crippen LogP contribution >= 0.6 is 0 Å². The lowest BCUT2D eigenvalue weighted by atomic mass is 10.2. The number of anilines is 1. The molecule has 172 valence electrons. The quantitative estimate of drug-likeness (QED) is 0.646. The molecule has 1 saturated heterocycles. The van der Waals surface area contributed by atoms with Gasteiger partial charge in [0.2, 0.25) is 0 Å². The molecule has 3 aromatic heterocycles. The minimum atomic E-state index is -2.48. The van der Waals surface area contributed by atoms with Gasteiger partial charge in [-0.25, -0.2) is 18.7 Å². The summed E-state index contributed by atoms with van der Waals surface area (Å²) in [6.45, 7) is 3.27. The highest BCUT2D eigenvalue weighted by atomic mass is 19.3. The van der Waals surface area contributed by atoms with E-state index in [1.807, 2.05) is 58.6 Å². The molecule has 33 heavy (non-hydrogen) atoms. The lowest BCUT2D eigenvalue weighted by Crippen LogP contribution is -2.28. The number of fused-ring (bicyclic) bond motifs is 2. The van der Waals surface area contributed by atoms with Crippen LogP contribution in [0.1, 0.15) is 45.5 Å². The Morgan fingerprint density at radius 3 is 2.79 bits per heavy atom. The Bertz CT molecular complexity index is 1230. The Labute approximate surface area is 190 Å². The zero-order valence-electron chi connectivity index (χ0n) is 18.6. The van der Waals surface area contributed by atoms with Crippen LogP contribution in [0.5, 0.6) is 0 Å². The van der Waals surface area contributed by atoms with Gasteiger partial charge in [0, 0.05) is 50.5 Å². The Hall–Kier alpha value is -3.23. The summed E-state index contributed by atoms with van der Waals surface area (Å²) in [6, 6.07) is 5.68. The topological polar surface area (TPSA) is 68.0 Å². The second-order valence-corrected chi connectivity index (χ2v) is 9.53. The number of alkyl halides is 2. The van der Waals surface area contributed by atoms with E-state index in [-0.39, 0.29) is 11.9 Å². The predicted molar refractivity (Wildman–Crippen MR) is 118 cm³/mol. The van der Waals surface area contributed by atoms with E-state index in [1.54, 1.807) is 6.33 Å². The maximum atomic E-state index is 13.5. The van der Waals surface area contributed by atoms with Gasteiger partial charge in [-0.15, -0.1) is 0 Å². The number of carbonyl (C=O) groups excluding carboxylic acids is 1. The molecule has 0 spiro atoms. The van der Waals surface area contributed by atoms with Crippen LogP contribution in [-0.4, -0.2) is 44.0 Å². The van der Waals surface area contributed by atoms with Crippen LogP contribution < -0.4 is 10.2 Å². The number of aryl methyl sites for hydroxylation is 2. The van der Waals surface area contributed by atoms with Gasteiger partial charge in [0.1, 0.15) is 5.82 Å². The lowest BCUT2D eigenvalue weighted by Gasteiger charge is -2.21. The second-order valence-electron chi connectivity index (χ2n) is 9.53. The van der Waals surface area contributed by atoms with Crippen molar-refractivity contribution in [1.82, 2.24) is 24.4 Å². The number of imidazole rings is 1. The van der Waals surface area contributed by atoms with Crippen molar-refractivity contribution in [2.75, 3.05) is 18.0 Å². The average molecular weight is 453 g/mol. The van der Waals surface area contributed by atoms with Crippen molar-refractivity contribution in [3.8, 4) is 0 Å². The molecule has 2 fully saturated rings. The number of carbonyl (C=O) groups is 1. The minimum absolute atomic E-state index is 0.0485. The predicted octanol–water partition coefficient (Wildman–Crippen LogP) is 3.09. The van der Waals surface area contributed by atoms with Crippen molar-refractivity contribution in [3.63, 3.8) is 0 Å². The average Bonchev–Trinajstić information content (AvgIpc) is 3.41. The number of nitrogens with one attached hydrogen (secondary N) is 1. The molecule has 2 aliphatic carbocycles. The molecule has 6 rings (SSSR count). The van der Waals surface area contributed by atoms with Crippen molar-refractivity contribution < 1.29 is 13.6 Å². The number of piperidine rings is 1. The molecule has 1 saturated carbocycles. The molecule has 3 aromatic rings. The van der Waals surface area contributed by atoms with Crippen LogP contribution in [0, 0.1) is 18.8 Å². The normalized spacial score (nSPS) is 24.6. The molecule has 1 aliphatic heterocycles. The van der Waals surface area contributed by atoms with Gasteiger partial charge in [-0.3, -0.25) is 4.79 Å². The van der Waals surface area contributed by atoms with Crippen LogP contribution in [0.25, 0.3) is 0 Å². The van der Waals surface area contributed by atoms with Crippen LogP contribution in [0.4, 0.5) is 14.6 Å². The van der Waals surface area contributed by atoms with E-state index in [9.17, 15) is 13.6 Å². The number of hydrogen-bond acceptors (Lipinski definition) is 4. The zero-order chi connectivity index (χ0) is 22.9. The van der Waals surface area contributed by atoms with Gasteiger partial charge < -0.3 is 19.4 Å². The number of hydrogen-bond donors (Lipinski definition) is 1. The molecule has 2 unspecified atom stereocenters. The third-order valence-electron chi connectivity index (χ3n) is 7.47. The highest BCUT2D eigenvalue weighted by Gasteiger charge is 2.71. The molecule has 1 amide bonds. The number of halogens is 2. The van der Waals surface area contributed by atoms with Crippen molar-refractivity contribution in [3.05, 3.63) is 65.1 Å². The molecule has 0 radical (unpaired) electrons. The smallest absolute Gasteiger partial charge is 0.258 e. The first kappa shape index (κ1) is 20.4. The molecule has 1 N–H and O–H groups in total. The van der Waals surface area contributed by atoms with E-state index < -0.39 is 17.8 Å². The third-order valence-corrected chi connectivity index (χ3v) is 7.47. The molecular formula is C24H26F2N6O. The van der Waals surface area contributed by atoms with Gasteiger partial charge in [0.15, 0.2) is 0 Å². The van der Waals surface area contributed by atoms with Crippen molar-refractivity contribution >= 4 is 11.7 Å². The van der Waals surface area contributed by atoms with Crippen molar-refractivity contribution in [2.45, 2.75) is 38.3 Å². The summed E-state index contributed by atoms with van der Waals surface area (Å²) in [4.78, 5) is 23.9. The maximum absolute atomic E-state index is 13.5. The number of nitrogens with zero attached hydrogens (tertiary/aromatic N) is 5. The van der Waals surface area contributed by atoms with Gasteiger partial charge in [0.25, 0.3) is 11.8 Å². The molecule has 4 heterocycles. The van der Waals surface area contributed by atoms with Crippen molar-refractivity contribution in [1.29, 1.82) is 0 Å². The first-order chi connectivity index (χ1) is 15.8. The van der Waals surface area contributed by atoms with E-state index >= 15 is 0 Å². The zero-order valence-corrected chi connectivity index (χ0v) is 18.6. The summed E-state index contributed by atoms with van der Waals surface area (Å²) in [5.41, 5.74) is 4.66. The summed E-state index contributed by atoms with van der Waals surface area (Å²) in [5.74, 6) is -2.86. The van der Waals surface area contributed by atoms with Crippen LogP contribution in [-0.2, 0) is 20.0 Å². The highest BCUT2D eigenvalue weighted by molar-refractivity contribution is 5.94. The van der Waals surface area contributed by atoms with Crippen LogP contribution in [0.2, 0.25) is 0 Å². The Kier molecular flexibility index (Phi) is 4.41. The Balaban J connectivity index is 1.10. The first-order valence-corrected chi connectivity index (χ1v) is 11.4. The number of pyridine rings is 1. The maximum Gasteiger partial charge on any atom is 0.258 e. The van der Waals surface area contributed by atoms with Gasteiger partial charge >= 0.3 is 0 Å². The number of aromatic nitrogens is 4. The molecule has 3 atom stereocenters. The number of rotatable bonds is 5. The summed E-state index contributed by atoms with van der Waals surface area (Å²) in [7, 11) is 1.98. The fourth-order valence-corrected chi connectivity index (χ4v) is 5.35. The summed E-state index contributed by atoms with van der Waals surface area (Å²) in [5, 5.41) is 3.11. The van der Waals surface area contributed by atoms with Gasteiger partial charge in [-0.1, -0.05) is 6.07 Å². The van der Waals surface area contributed by atoms with E-state index in [0.29, 0.717) is 25.2 Å². The number of amides is 1. The Morgan fingerprint density at radius 1 is 1.24 bits per heavy atom. The summed E-state index contributed by atoms with van der Waals surface area (Å²) >= 11 is 0. The fraction of sp³-hybridized carbons (Fsp3) is 0.458. The van der Waals surface area contributed by atoms with E-state index in [2.05, 4.69) is 15.3 Å². The molecular weight excluding hydrogens is 426 g/mol. The molecule has 3 aliphatic rings. The van der Waals surface area contributed by atoms with E-state index in [0.717, 1.165) is 35.6 Å². The van der Waals surface area contributed by atoms with Gasteiger partial charge in [0.05, 0.1) is 35.5 Å². The lowest BCUT2D eigenvalue weighted by molar-refractivity contribution is 0.0796. The van der Waals surface area contributed by atoms with Gasteiger partial charge in [-0.05, 0) is 37.5 Å². The van der Waals surface area contributed by atoms with Crippen molar-refractivity contribution in [2.24, 2.45) is 18.9 Å². The van der Waals surface area contributed by atoms with Crippen LogP contribution in [0.15, 0.2) is 36.9 Å². The van der Waals surface area contributed by atoms with Crippen LogP contribution in [0.3, 0.4) is 0 Å². The van der Waals surface area contributed by atoms with E-state index in [1.165, 1.54) is 5.69 Å². The Morgan fingerprint density at radius 2 is 2.03 bits per heavy atom. The second kappa shape index (κ2) is 7.13. The molecule has 0 aromatic carbocycles. The highest BCUT2D eigenvalue weighted by Crippen LogP contribution is 2.59. The third kappa shape index (κ3) is 3.32. The SMILES string of the molecule is Cc1nc(N2CC3C(C2)C3(F)F)ccc1Cn1ccc(C(=O)N[C@@H]2CCc3c2ncn3C)c1. The fourth-order valence-electron chi connectivity index (χ4n) is 5.35. The summed E-state index contributed by atoms with van der Waals surface area (Å²) in [6.07, 6.45) is 7.31.